The maximum absolute atomic E-state index is 15.6. The molecule has 180 valence electrons. The number of imidazole rings is 1. The first-order valence-electron chi connectivity index (χ1n) is 11.5. The van der Waals surface area contributed by atoms with Crippen molar-refractivity contribution in [3.63, 3.8) is 0 Å². The molecule has 0 unspecified atom stereocenters. The number of nitrogens with two attached hydrogens (primary N) is 1. The monoisotopic (exact) mass is 485 g/mol. The van der Waals surface area contributed by atoms with Gasteiger partial charge in [-0.1, -0.05) is 17.3 Å². The number of aryl methyl sites for hydroxylation is 1. The van der Waals surface area contributed by atoms with Gasteiger partial charge in [-0.3, -0.25) is 4.40 Å². The number of rotatable bonds is 3. The Hall–Kier alpha value is -4.43. The number of aromatic nitrogens is 6. The standard InChI is InChI=1S/C25H21F2N9/c1-34-21-11-18(27)16(10-20(21)32-33-34)23-22(15-4-2-14(12-28)3-5-15)31-25-24(30-7-9-36(23)25)35-8-6-17(26)19(29)13-35/h2-5,7,9-11,17,19H,6,8,13,29H2,1H3/t17-,19+/m1/s1. The highest BCUT2D eigenvalue weighted by Gasteiger charge is 2.30. The summed E-state index contributed by atoms with van der Waals surface area (Å²) in [5, 5.41) is 17.4. The lowest BCUT2D eigenvalue weighted by molar-refractivity contribution is 0.244. The SMILES string of the molecule is Cn1nnc2cc(-c3c(-c4ccc(C#N)cc4)nc4c(N5CC[C@@H](F)[C@@H](N)C5)nccn34)c(F)cc21. The predicted octanol–water partition coefficient (Wildman–Crippen LogP) is 3.23. The number of anilines is 1. The third kappa shape index (κ3) is 3.46. The maximum Gasteiger partial charge on any atom is 0.181 e. The van der Waals surface area contributed by atoms with Gasteiger partial charge in [-0.2, -0.15) is 5.26 Å². The smallest absolute Gasteiger partial charge is 0.181 e. The highest BCUT2D eigenvalue weighted by atomic mass is 19.1. The van der Waals surface area contributed by atoms with E-state index in [9.17, 15) is 9.65 Å². The molecule has 2 aromatic carbocycles. The van der Waals surface area contributed by atoms with E-state index < -0.39 is 18.0 Å². The molecule has 2 N–H and O–H groups in total. The molecule has 36 heavy (non-hydrogen) atoms. The molecular formula is C25H21F2N9. The Morgan fingerprint density at radius 1 is 1.19 bits per heavy atom. The molecule has 4 heterocycles. The lowest BCUT2D eigenvalue weighted by atomic mass is 10.0. The third-order valence-corrected chi connectivity index (χ3v) is 6.64. The Balaban J connectivity index is 1.61. The lowest BCUT2D eigenvalue weighted by Gasteiger charge is -2.33. The number of alkyl halides is 1. The van der Waals surface area contributed by atoms with E-state index in [1.54, 1.807) is 54.2 Å². The first-order chi connectivity index (χ1) is 17.4. The normalized spacial score (nSPS) is 18.1. The lowest BCUT2D eigenvalue weighted by Crippen LogP contribution is -2.50. The van der Waals surface area contributed by atoms with Gasteiger partial charge in [0.2, 0.25) is 0 Å². The summed E-state index contributed by atoms with van der Waals surface area (Å²) in [6.07, 6.45) is 2.55. The fraction of sp³-hybridized carbons (Fsp3) is 0.240. The second kappa shape index (κ2) is 8.35. The molecule has 1 aliphatic heterocycles. The number of benzene rings is 2. The van der Waals surface area contributed by atoms with Crippen molar-refractivity contribution in [3.8, 4) is 28.6 Å². The first-order valence-corrected chi connectivity index (χ1v) is 11.5. The van der Waals surface area contributed by atoms with E-state index in [0.29, 0.717) is 63.7 Å². The zero-order chi connectivity index (χ0) is 25.0. The minimum atomic E-state index is -1.07. The van der Waals surface area contributed by atoms with E-state index in [0.717, 1.165) is 0 Å². The second-order valence-corrected chi connectivity index (χ2v) is 8.89. The number of halogens is 2. The van der Waals surface area contributed by atoms with Gasteiger partial charge < -0.3 is 10.6 Å². The topological polar surface area (TPSA) is 114 Å². The van der Waals surface area contributed by atoms with Crippen LogP contribution in [0.3, 0.4) is 0 Å². The maximum atomic E-state index is 15.6. The zero-order valence-electron chi connectivity index (χ0n) is 19.3. The van der Waals surface area contributed by atoms with Gasteiger partial charge in [0.05, 0.1) is 34.6 Å². The Labute approximate surface area is 204 Å². The molecule has 0 saturated carbocycles. The van der Waals surface area contributed by atoms with Crippen molar-refractivity contribution in [1.82, 2.24) is 29.4 Å². The molecule has 1 aliphatic rings. The highest BCUT2D eigenvalue weighted by Crippen LogP contribution is 2.37. The number of nitrogens with zero attached hydrogens (tertiary/aromatic N) is 8. The average Bonchev–Trinajstić information content (AvgIpc) is 3.45. The first kappa shape index (κ1) is 22.1. The summed E-state index contributed by atoms with van der Waals surface area (Å²) in [5.74, 6) is 0.0882. The molecule has 0 bridgehead atoms. The van der Waals surface area contributed by atoms with Crippen molar-refractivity contribution in [1.29, 1.82) is 5.26 Å². The van der Waals surface area contributed by atoms with Gasteiger partial charge >= 0.3 is 0 Å². The van der Waals surface area contributed by atoms with E-state index in [4.69, 9.17) is 10.7 Å². The molecule has 6 rings (SSSR count). The van der Waals surface area contributed by atoms with Gasteiger partial charge in [-0.05, 0) is 24.6 Å². The van der Waals surface area contributed by atoms with Crippen LogP contribution >= 0.6 is 0 Å². The summed E-state index contributed by atoms with van der Waals surface area (Å²) in [5.41, 5.74) is 10.1. The van der Waals surface area contributed by atoms with Crippen LogP contribution in [0, 0.1) is 17.1 Å². The summed E-state index contributed by atoms with van der Waals surface area (Å²) < 4.78 is 32.9. The Morgan fingerprint density at radius 3 is 2.75 bits per heavy atom. The summed E-state index contributed by atoms with van der Waals surface area (Å²) in [7, 11) is 1.70. The van der Waals surface area contributed by atoms with Crippen LogP contribution in [0.4, 0.5) is 14.6 Å². The number of hydrogen-bond acceptors (Lipinski definition) is 7. The predicted molar refractivity (Wildman–Crippen MR) is 130 cm³/mol. The molecule has 0 radical (unpaired) electrons. The highest BCUT2D eigenvalue weighted by molar-refractivity contribution is 5.89. The summed E-state index contributed by atoms with van der Waals surface area (Å²) >= 11 is 0. The van der Waals surface area contributed by atoms with Crippen LogP contribution in [-0.4, -0.2) is 54.7 Å². The number of piperidine rings is 1. The van der Waals surface area contributed by atoms with Gasteiger partial charge in [0.25, 0.3) is 0 Å². The van der Waals surface area contributed by atoms with Crippen molar-refractivity contribution < 1.29 is 8.78 Å². The van der Waals surface area contributed by atoms with E-state index in [1.807, 2.05) is 4.90 Å². The minimum absolute atomic E-state index is 0.290. The average molecular weight is 486 g/mol. The van der Waals surface area contributed by atoms with Crippen LogP contribution in [-0.2, 0) is 7.05 Å². The molecule has 9 nitrogen and oxygen atoms in total. The van der Waals surface area contributed by atoms with E-state index >= 15 is 4.39 Å². The molecule has 1 fully saturated rings. The van der Waals surface area contributed by atoms with Crippen LogP contribution in [0.25, 0.3) is 39.2 Å². The summed E-state index contributed by atoms with van der Waals surface area (Å²) in [6.45, 7) is 0.734. The zero-order valence-corrected chi connectivity index (χ0v) is 19.3. The van der Waals surface area contributed by atoms with Crippen LogP contribution in [0.5, 0.6) is 0 Å². The van der Waals surface area contributed by atoms with E-state index in [2.05, 4.69) is 21.4 Å². The van der Waals surface area contributed by atoms with Crippen LogP contribution in [0.1, 0.15) is 12.0 Å². The van der Waals surface area contributed by atoms with Crippen LogP contribution in [0.15, 0.2) is 48.8 Å². The van der Waals surface area contributed by atoms with Crippen LogP contribution < -0.4 is 10.6 Å². The van der Waals surface area contributed by atoms with Gasteiger partial charge in [0, 0.05) is 49.7 Å². The molecule has 0 amide bonds. The molecular weight excluding hydrogens is 464 g/mol. The fourth-order valence-electron chi connectivity index (χ4n) is 4.73. The van der Waals surface area contributed by atoms with E-state index in [-0.39, 0.29) is 6.42 Å². The van der Waals surface area contributed by atoms with Gasteiger partial charge in [-0.25, -0.2) is 23.4 Å². The molecule has 0 aliphatic carbocycles. The Kier molecular flexibility index (Phi) is 5.12. The minimum Gasteiger partial charge on any atom is -0.352 e. The van der Waals surface area contributed by atoms with E-state index in [1.165, 1.54) is 10.7 Å². The number of hydrogen-bond donors (Lipinski definition) is 1. The van der Waals surface area contributed by atoms with Gasteiger partial charge in [0.1, 0.15) is 17.5 Å². The molecule has 1 saturated heterocycles. The Morgan fingerprint density at radius 2 is 2.00 bits per heavy atom. The van der Waals surface area contributed by atoms with Crippen molar-refractivity contribution in [2.24, 2.45) is 12.8 Å². The second-order valence-electron chi connectivity index (χ2n) is 8.89. The summed E-state index contributed by atoms with van der Waals surface area (Å²) in [6, 6.07) is 11.5. The molecule has 0 spiro atoms. The molecule has 5 aromatic rings. The molecule has 11 heteroatoms. The van der Waals surface area contributed by atoms with Crippen molar-refractivity contribution in [2.45, 2.75) is 18.6 Å². The largest absolute Gasteiger partial charge is 0.352 e. The fourth-order valence-corrected chi connectivity index (χ4v) is 4.73. The third-order valence-electron chi connectivity index (χ3n) is 6.64. The quantitative estimate of drug-likeness (QED) is 0.417. The summed E-state index contributed by atoms with van der Waals surface area (Å²) in [4.78, 5) is 11.3. The van der Waals surface area contributed by atoms with Gasteiger partial charge in [-0.15, -0.1) is 5.10 Å². The van der Waals surface area contributed by atoms with Crippen LogP contribution in [0.2, 0.25) is 0 Å². The Bertz CT molecular complexity index is 1650. The number of nitriles is 1. The molecule has 3 aromatic heterocycles. The number of fused-ring (bicyclic) bond motifs is 2. The van der Waals surface area contributed by atoms with Crippen molar-refractivity contribution in [2.75, 3.05) is 18.0 Å². The van der Waals surface area contributed by atoms with Crippen molar-refractivity contribution in [3.05, 3.63) is 60.2 Å². The molecule has 2 atom stereocenters. The van der Waals surface area contributed by atoms with Crippen molar-refractivity contribution >= 4 is 22.5 Å². The van der Waals surface area contributed by atoms with Gasteiger partial charge in [0.15, 0.2) is 11.5 Å².